The summed E-state index contributed by atoms with van der Waals surface area (Å²) < 4.78 is 1.99. The normalized spacial score (nSPS) is 10.7. The number of aromatic nitrogens is 3. The summed E-state index contributed by atoms with van der Waals surface area (Å²) in [5.74, 6) is 1.58. The largest absolute Gasteiger partial charge is 0.507 e. The van der Waals surface area contributed by atoms with E-state index in [2.05, 4.69) is 80.1 Å². The summed E-state index contributed by atoms with van der Waals surface area (Å²) in [6.07, 6.45) is 1.91. The molecule has 1 N–H and O–H groups in total. The molecular formula is C32H34IrN3O-. The monoisotopic (exact) mass is 669 g/mol. The average molecular weight is 669 g/mol. The van der Waals surface area contributed by atoms with E-state index in [1.807, 2.05) is 49.9 Å². The van der Waals surface area contributed by atoms with Gasteiger partial charge in [-0.25, -0.2) is 4.98 Å². The van der Waals surface area contributed by atoms with Crippen LogP contribution in [0.4, 0.5) is 0 Å². The molecule has 4 nitrogen and oxygen atoms in total. The standard InChI is InChI=1S/C20H20N.C12H14N2O.Ir/c1-13(2)17-6-5-7-19-18(17)8-9-21-20(19)16-11-14(3)10-15(4)12-16;1-8-9(2)14(3)12(13-8)10-6-4-5-7-11(10)15;/h5-11,13H,1-4H3;4-7,15H,1-3H3;/q-1;;. The molecular weight excluding hydrogens is 635 g/mol. The molecule has 2 heterocycles. The first-order valence-electron chi connectivity index (χ1n) is 12.3. The number of rotatable bonds is 3. The molecule has 37 heavy (non-hydrogen) atoms. The van der Waals surface area contributed by atoms with Crippen molar-refractivity contribution in [2.24, 2.45) is 7.05 Å². The third-order valence-corrected chi connectivity index (χ3v) is 6.63. The molecule has 5 heteroatoms. The molecule has 2 aromatic heterocycles. The Morgan fingerprint density at radius 1 is 0.892 bits per heavy atom. The van der Waals surface area contributed by atoms with E-state index in [4.69, 9.17) is 0 Å². The Morgan fingerprint density at radius 2 is 1.62 bits per heavy atom. The Morgan fingerprint density at radius 3 is 2.24 bits per heavy atom. The van der Waals surface area contributed by atoms with E-state index >= 15 is 0 Å². The van der Waals surface area contributed by atoms with Crippen LogP contribution >= 0.6 is 0 Å². The molecule has 3 aromatic carbocycles. The van der Waals surface area contributed by atoms with Gasteiger partial charge < -0.3 is 14.7 Å². The minimum absolute atomic E-state index is 0. The fourth-order valence-electron chi connectivity index (χ4n) is 4.59. The Bertz CT molecular complexity index is 1510. The van der Waals surface area contributed by atoms with Gasteiger partial charge in [-0.2, -0.15) is 0 Å². The van der Waals surface area contributed by atoms with Crippen LogP contribution in [0, 0.1) is 33.8 Å². The Balaban J connectivity index is 0.000000211. The summed E-state index contributed by atoms with van der Waals surface area (Å²) in [4.78, 5) is 9.07. The molecule has 0 saturated carbocycles. The molecule has 0 amide bonds. The van der Waals surface area contributed by atoms with Crippen molar-refractivity contribution >= 4 is 10.8 Å². The molecule has 0 unspecified atom stereocenters. The van der Waals surface area contributed by atoms with E-state index in [-0.39, 0.29) is 25.9 Å². The fourth-order valence-corrected chi connectivity index (χ4v) is 4.59. The van der Waals surface area contributed by atoms with Gasteiger partial charge in [0.2, 0.25) is 0 Å². The van der Waals surface area contributed by atoms with Gasteiger partial charge in [0.1, 0.15) is 11.6 Å². The SMILES string of the molecule is Cc1[c-]c(-c2nccc3c(C(C)C)cccc23)cc(C)c1.Cc1nc(-c2ccccc2O)n(C)c1C.[Ir]. The second kappa shape index (κ2) is 11.9. The molecule has 0 aliphatic rings. The summed E-state index contributed by atoms with van der Waals surface area (Å²) in [5.41, 5.74) is 8.78. The van der Waals surface area contributed by atoms with Crippen LogP contribution in [0.15, 0.2) is 66.9 Å². The summed E-state index contributed by atoms with van der Waals surface area (Å²) in [5, 5.41) is 12.2. The fraction of sp³-hybridized carbons (Fsp3) is 0.250. The molecule has 0 saturated heterocycles. The number of aryl methyl sites for hydroxylation is 3. The van der Waals surface area contributed by atoms with Crippen molar-refractivity contribution in [2.75, 3.05) is 0 Å². The van der Waals surface area contributed by atoms with Gasteiger partial charge in [-0.15, -0.1) is 34.9 Å². The molecule has 193 valence electrons. The van der Waals surface area contributed by atoms with Crippen LogP contribution in [0.3, 0.4) is 0 Å². The predicted molar refractivity (Wildman–Crippen MR) is 149 cm³/mol. The number of phenolic OH excluding ortho intramolecular Hbond substituents is 1. The van der Waals surface area contributed by atoms with E-state index in [0.29, 0.717) is 5.92 Å². The van der Waals surface area contributed by atoms with Crippen LogP contribution in [-0.4, -0.2) is 19.6 Å². The maximum atomic E-state index is 9.74. The molecule has 0 aliphatic carbocycles. The molecule has 0 bridgehead atoms. The second-order valence-corrected chi connectivity index (χ2v) is 9.69. The van der Waals surface area contributed by atoms with Crippen molar-refractivity contribution in [1.29, 1.82) is 0 Å². The summed E-state index contributed by atoms with van der Waals surface area (Å²) >= 11 is 0. The maximum Gasteiger partial charge on any atom is 0.143 e. The van der Waals surface area contributed by atoms with Gasteiger partial charge in [0.25, 0.3) is 0 Å². The number of pyridine rings is 1. The van der Waals surface area contributed by atoms with Crippen LogP contribution in [0.25, 0.3) is 33.4 Å². The molecule has 0 aliphatic heterocycles. The third-order valence-electron chi connectivity index (χ3n) is 6.63. The number of aromatic hydroxyl groups is 1. The van der Waals surface area contributed by atoms with Crippen LogP contribution in [0.1, 0.15) is 47.8 Å². The van der Waals surface area contributed by atoms with Gasteiger partial charge in [0.05, 0.1) is 11.3 Å². The number of imidazole rings is 1. The molecule has 5 aromatic rings. The van der Waals surface area contributed by atoms with Crippen molar-refractivity contribution in [3.8, 4) is 28.4 Å². The Hall–Kier alpha value is -3.27. The molecule has 0 fully saturated rings. The number of benzene rings is 3. The van der Waals surface area contributed by atoms with Crippen molar-refractivity contribution < 1.29 is 25.2 Å². The minimum Gasteiger partial charge on any atom is -0.507 e. The Kier molecular flexibility index (Phi) is 9.07. The summed E-state index contributed by atoms with van der Waals surface area (Å²) in [6, 6.07) is 23.6. The smallest absolute Gasteiger partial charge is 0.143 e. The van der Waals surface area contributed by atoms with Crippen LogP contribution < -0.4 is 0 Å². The predicted octanol–water partition coefficient (Wildman–Crippen LogP) is 7.85. The van der Waals surface area contributed by atoms with Crippen molar-refractivity contribution in [1.82, 2.24) is 14.5 Å². The van der Waals surface area contributed by atoms with E-state index < -0.39 is 0 Å². The van der Waals surface area contributed by atoms with E-state index in [9.17, 15) is 5.11 Å². The average Bonchev–Trinajstić information content (AvgIpc) is 3.10. The first-order chi connectivity index (χ1) is 17.2. The van der Waals surface area contributed by atoms with E-state index in [0.717, 1.165) is 39.6 Å². The number of fused-ring (bicyclic) bond motifs is 1. The number of hydrogen-bond acceptors (Lipinski definition) is 3. The zero-order chi connectivity index (χ0) is 26.0. The zero-order valence-electron chi connectivity index (χ0n) is 22.6. The van der Waals surface area contributed by atoms with Gasteiger partial charge in [-0.3, -0.25) is 0 Å². The minimum atomic E-state index is 0. The van der Waals surface area contributed by atoms with Gasteiger partial charge in [-0.05, 0) is 60.0 Å². The van der Waals surface area contributed by atoms with E-state index in [1.165, 1.54) is 21.9 Å². The van der Waals surface area contributed by atoms with Crippen LogP contribution in [0.5, 0.6) is 5.75 Å². The van der Waals surface area contributed by atoms with Crippen molar-refractivity contribution in [3.63, 3.8) is 0 Å². The maximum absolute atomic E-state index is 9.74. The number of hydrogen-bond donors (Lipinski definition) is 1. The topological polar surface area (TPSA) is 50.9 Å². The first-order valence-corrected chi connectivity index (χ1v) is 12.3. The zero-order valence-corrected chi connectivity index (χ0v) is 24.9. The summed E-state index contributed by atoms with van der Waals surface area (Å²) in [6.45, 7) is 12.7. The van der Waals surface area contributed by atoms with Crippen molar-refractivity contribution in [3.05, 3.63) is 101 Å². The van der Waals surface area contributed by atoms with Gasteiger partial charge >= 0.3 is 0 Å². The second-order valence-electron chi connectivity index (χ2n) is 9.69. The first kappa shape index (κ1) is 28.3. The van der Waals surface area contributed by atoms with Crippen LogP contribution in [0.2, 0.25) is 0 Å². The Labute approximate surface area is 233 Å². The van der Waals surface area contributed by atoms with Gasteiger partial charge in [-0.1, -0.05) is 58.0 Å². The third kappa shape index (κ3) is 6.01. The number of para-hydroxylation sites is 1. The molecule has 0 atom stereocenters. The van der Waals surface area contributed by atoms with Crippen LogP contribution in [-0.2, 0) is 27.2 Å². The van der Waals surface area contributed by atoms with Gasteiger partial charge in [0, 0.05) is 39.0 Å². The van der Waals surface area contributed by atoms with Crippen molar-refractivity contribution in [2.45, 2.75) is 47.5 Å². The quantitative estimate of drug-likeness (QED) is 0.199. The summed E-state index contributed by atoms with van der Waals surface area (Å²) in [7, 11) is 1.96. The molecule has 1 radical (unpaired) electrons. The molecule has 0 spiro atoms. The van der Waals surface area contributed by atoms with Gasteiger partial charge in [0.15, 0.2) is 0 Å². The van der Waals surface area contributed by atoms with E-state index in [1.54, 1.807) is 6.07 Å². The molecule has 5 rings (SSSR count). The number of phenols is 1. The number of nitrogens with zero attached hydrogens (tertiary/aromatic N) is 3.